The lowest BCUT2D eigenvalue weighted by Crippen LogP contribution is -2.11. The highest BCUT2D eigenvalue weighted by Gasteiger charge is 2.30. The van der Waals surface area contributed by atoms with Gasteiger partial charge in [-0.05, 0) is 54.3 Å². The SMILES string of the molecule is COc1cccc(/C=C2\Oc3c(ccc(OC(=O)Cc4cccs4)c3C)C2=O)c1. The van der Waals surface area contributed by atoms with Gasteiger partial charge in [0.1, 0.15) is 17.2 Å². The molecular weight excluding hydrogens is 388 g/mol. The van der Waals surface area contributed by atoms with Crippen LogP contribution in [0.1, 0.15) is 26.4 Å². The molecule has 146 valence electrons. The van der Waals surface area contributed by atoms with Crippen molar-refractivity contribution in [2.24, 2.45) is 0 Å². The Morgan fingerprint density at radius 3 is 2.79 bits per heavy atom. The van der Waals surface area contributed by atoms with Crippen LogP contribution in [-0.4, -0.2) is 18.9 Å². The standard InChI is InChI=1S/C23H18O5S/c1-14-19(27-21(24)13-17-7-4-10-29-17)9-8-18-22(25)20(28-23(14)18)12-15-5-3-6-16(11-15)26-2/h3-12H,13H2,1-2H3/b20-12-. The zero-order valence-electron chi connectivity index (χ0n) is 15.9. The predicted octanol–water partition coefficient (Wildman–Crippen LogP) is 4.83. The largest absolute Gasteiger partial charge is 0.497 e. The van der Waals surface area contributed by atoms with Gasteiger partial charge < -0.3 is 14.2 Å². The summed E-state index contributed by atoms with van der Waals surface area (Å²) in [7, 11) is 1.59. The summed E-state index contributed by atoms with van der Waals surface area (Å²) in [5, 5.41) is 1.92. The Morgan fingerprint density at radius 1 is 1.17 bits per heavy atom. The molecule has 0 unspecified atom stereocenters. The van der Waals surface area contributed by atoms with Crippen molar-refractivity contribution in [2.45, 2.75) is 13.3 Å². The van der Waals surface area contributed by atoms with E-state index in [9.17, 15) is 9.59 Å². The van der Waals surface area contributed by atoms with Gasteiger partial charge in [0.15, 0.2) is 5.76 Å². The Bertz CT molecular complexity index is 1110. The smallest absolute Gasteiger partial charge is 0.316 e. The van der Waals surface area contributed by atoms with Crippen molar-refractivity contribution in [2.75, 3.05) is 7.11 Å². The van der Waals surface area contributed by atoms with Crippen molar-refractivity contribution >= 4 is 29.2 Å². The molecule has 0 saturated heterocycles. The molecule has 0 aliphatic carbocycles. The number of hydrogen-bond acceptors (Lipinski definition) is 6. The molecule has 1 aromatic heterocycles. The monoisotopic (exact) mass is 406 g/mol. The molecule has 6 heteroatoms. The molecule has 29 heavy (non-hydrogen) atoms. The van der Waals surface area contributed by atoms with Gasteiger partial charge in [-0.15, -0.1) is 11.3 Å². The highest BCUT2D eigenvalue weighted by molar-refractivity contribution is 7.10. The fourth-order valence-electron chi connectivity index (χ4n) is 3.08. The summed E-state index contributed by atoms with van der Waals surface area (Å²) in [6, 6.07) is 14.4. The molecule has 2 heterocycles. The number of carbonyl (C=O) groups is 2. The van der Waals surface area contributed by atoms with E-state index in [-0.39, 0.29) is 23.9 Å². The average Bonchev–Trinajstić information content (AvgIpc) is 3.33. The van der Waals surface area contributed by atoms with Gasteiger partial charge in [0, 0.05) is 10.4 Å². The number of rotatable bonds is 5. The summed E-state index contributed by atoms with van der Waals surface area (Å²) in [6.45, 7) is 1.77. The van der Waals surface area contributed by atoms with Gasteiger partial charge >= 0.3 is 5.97 Å². The van der Waals surface area contributed by atoms with Crippen LogP contribution >= 0.6 is 11.3 Å². The third-order valence-electron chi connectivity index (χ3n) is 4.55. The first-order valence-corrected chi connectivity index (χ1v) is 9.88. The molecule has 0 atom stereocenters. The Balaban J connectivity index is 1.56. The Morgan fingerprint density at radius 2 is 2.03 bits per heavy atom. The van der Waals surface area contributed by atoms with E-state index in [4.69, 9.17) is 14.2 Å². The summed E-state index contributed by atoms with van der Waals surface area (Å²) >= 11 is 1.50. The summed E-state index contributed by atoms with van der Waals surface area (Å²) < 4.78 is 16.6. The van der Waals surface area contributed by atoms with Crippen molar-refractivity contribution in [3.05, 3.63) is 81.2 Å². The first-order chi connectivity index (χ1) is 14.0. The lowest BCUT2D eigenvalue weighted by Gasteiger charge is -2.09. The molecule has 0 spiro atoms. The molecular formula is C23H18O5S. The Labute approximate surface area is 172 Å². The first-order valence-electron chi connectivity index (χ1n) is 9.00. The Kier molecular flexibility index (Phi) is 5.18. The molecule has 2 aromatic carbocycles. The highest BCUT2D eigenvalue weighted by Crippen LogP contribution is 2.39. The normalized spacial score (nSPS) is 13.9. The van der Waals surface area contributed by atoms with E-state index in [1.807, 2.05) is 41.8 Å². The fourth-order valence-corrected chi connectivity index (χ4v) is 3.77. The maximum Gasteiger partial charge on any atom is 0.316 e. The lowest BCUT2D eigenvalue weighted by molar-refractivity contribution is -0.133. The van der Waals surface area contributed by atoms with Crippen LogP contribution in [0.25, 0.3) is 6.08 Å². The number of thiophene rings is 1. The molecule has 0 amide bonds. The van der Waals surface area contributed by atoms with E-state index in [0.29, 0.717) is 28.4 Å². The zero-order valence-corrected chi connectivity index (χ0v) is 16.7. The lowest BCUT2D eigenvalue weighted by atomic mass is 10.1. The first kappa shape index (κ1) is 19.0. The third kappa shape index (κ3) is 3.93. The van der Waals surface area contributed by atoms with E-state index in [0.717, 1.165) is 10.4 Å². The second-order valence-electron chi connectivity index (χ2n) is 6.51. The van der Waals surface area contributed by atoms with Crippen molar-refractivity contribution in [3.8, 4) is 17.2 Å². The molecule has 0 saturated carbocycles. The molecule has 1 aliphatic heterocycles. The van der Waals surface area contributed by atoms with Gasteiger partial charge in [0.25, 0.3) is 0 Å². The minimum Gasteiger partial charge on any atom is -0.497 e. The van der Waals surface area contributed by atoms with Crippen molar-refractivity contribution < 1.29 is 23.8 Å². The van der Waals surface area contributed by atoms with Crippen molar-refractivity contribution in [1.82, 2.24) is 0 Å². The van der Waals surface area contributed by atoms with Crippen LogP contribution in [-0.2, 0) is 11.2 Å². The van der Waals surface area contributed by atoms with Crippen LogP contribution in [0, 0.1) is 6.92 Å². The summed E-state index contributed by atoms with van der Waals surface area (Å²) in [6.07, 6.45) is 1.88. The van der Waals surface area contributed by atoms with Gasteiger partial charge in [-0.1, -0.05) is 18.2 Å². The topological polar surface area (TPSA) is 61.8 Å². The maximum atomic E-state index is 12.7. The number of carbonyl (C=O) groups excluding carboxylic acids is 2. The van der Waals surface area contributed by atoms with Crippen LogP contribution in [0.15, 0.2) is 59.7 Å². The quantitative estimate of drug-likeness (QED) is 0.345. The van der Waals surface area contributed by atoms with Crippen LogP contribution in [0.2, 0.25) is 0 Å². The van der Waals surface area contributed by atoms with Gasteiger partial charge in [-0.2, -0.15) is 0 Å². The molecule has 3 aromatic rings. The molecule has 0 N–H and O–H groups in total. The zero-order chi connectivity index (χ0) is 20.4. The van der Waals surface area contributed by atoms with E-state index in [2.05, 4.69) is 0 Å². The number of fused-ring (bicyclic) bond motifs is 1. The second kappa shape index (κ2) is 7.93. The number of Topliss-reactive ketones (excluding diaryl/α,β-unsaturated/α-hetero) is 1. The van der Waals surface area contributed by atoms with Gasteiger partial charge in [-0.25, -0.2) is 0 Å². The van der Waals surface area contributed by atoms with Crippen LogP contribution in [0.5, 0.6) is 17.2 Å². The number of methoxy groups -OCH3 is 1. The van der Waals surface area contributed by atoms with Gasteiger partial charge in [-0.3, -0.25) is 9.59 Å². The molecule has 4 rings (SSSR count). The molecule has 1 aliphatic rings. The molecule has 0 fully saturated rings. The number of esters is 1. The van der Waals surface area contributed by atoms with E-state index in [1.165, 1.54) is 11.3 Å². The fraction of sp³-hybridized carbons (Fsp3) is 0.130. The van der Waals surface area contributed by atoms with Crippen LogP contribution in [0.3, 0.4) is 0 Å². The Hall–Kier alpha value is -3.38. The number of allylic oxidation sites excluding steroid dienone is 1. The minimum absolute atomic E-state index is 0.203. The van der Waals surface area contributed by atoms with E-state index >= 15 is 0 Å². The molecule has 0 radical (unpaired) electrons. The number of ether oxygens (including phenoxy) is 3. The minimum atomic E-state index is -0.355. The van der Waals surface area contributed by atoms with Crippen molar-refractivity contribution in [3.63, 3.8) is 0 Å². The summed E-state index contributed by atoms with van der Waals surface area (Å²) in [5.74, 6) is 1.16. The van der Waals surface area contributed by atoms with Gasteiger partial charge in [0.2, 0.25) is 5.78 Å². The van der Waals surface area contributed by atoms with Crippen LogP contribution < -0.4 is 14.2 Å². The van der Waals surface area contributed by atoms with Gasteiger partial charge in [0.05, 0.1) is 19.1 Å². The average molecular weight is 406 g/mol. The van der Waals surface area contributed by atoms with E-state index < -0.39 is 0 Å². The summed E-state index contributed by atoms with van der Waals surface area (Å²) in [5.41, 5.74) is 1.86. The molecule has 0 bridgehead atoms. The number of ketones is 1. The number of benzene rings is 2. The number of hydrogen-bond donors (Lipinski definition) is 0. The highest BCUT2D eigenvalue weighted by atomic mass is 32.1. The maximum absolute atomic E-state index is 12.7. The van der Waals surface area contributed by atoms with E-state index in [1.54, 1.807) is 32.2 Å². The summed E-state index contributed by atoms with van der Waals surface area (Å²) in [4.78, 5) is 25.9. The van der Waals surface area contributed by atoms with Crippen LogP contribution in [0.4, 0.5) is 0 Å². The third-order valence-corrected chi connectivity index (χ3v) is 5.43. The second-order valence-corrected chi connectivity index (χ2v) is 7.54. The van der Waals surface area contributed by atoms with Crippen molar-refractivity contribution in [1.29, 1.82) is 0 Å². The molecule has 5 nitrogen and oxygen atoms in total. The predicted molar refractivity (Wildman–Crippen MR) is 111 cm³/mol.